The molecule has 1 aliphatic heterocycles. The van der Waals surface area contributed by atoms with Crippen molar-refractivity contribution in [2.75, 3.05) is 49.5 Å². The minimum atomic E-state index is -3.53. The summed E-state index contributed by atoms with van der Waals surface area (Å²) in [5.41, 5.74) is 2.52. The van der Waals surface area contributed by atoms with Gasteiger partial charge in [-0.2, -0.15) is 4.31 Å². The van der Waals surface area contributed by atoms with E-state index in [0.717, 1.165) is 16.9 Å². The molecule has 0 bridgehead atoms. The summed E-state index contributed by atoms with van der Waals surface area (Å²) in [6.45, 7) is 3.45. The second kappa shape index (κ2) is 9.32. The van der Waals surface area contributed by atoms with Gasteiger partial charge < -0.3 is 20.4 Å². The monoisotopic (exact) mass is 439 g/mol. The van der Waals surface area contributed by atoms with Gasteiger partial charge in [-0.3, -0.25) is 0 Å². The van der Waals surface area contributed by atoms with Gasteiger partial charge in [0.1, 0.15) is 0 Å². The molecule has 1 heterocycles. The molecular formula is C20H26ClN3O4S. The van der Waals surface area contributed by atoms with Crippen molar-refractivity contribution in [3.05, 3.63) is 53.1 Å². The number of aliphatic hydroxyl groups excluding tert-OH is 2. The van der Waals surface area contributed by atoms with Crippen LogP contribution in [0.15, 0.2) is 47.4 Å². The van der Waals surface area contributed by atoms with Crippen LogP contribution in [-0.2, 0) is 10.0 Å². The number of nitrogens with zero attached hydrogens (tertiary/aromatic N) is 2. The maximum absolute atomic E-state index is 12.9. The molecule has 2 aromatic rings. The Morgan fingerprint density at radius 2 is 1.76 bits per heavy atom. The highest BCUT2D eigenvalue weighted by Crippen LogP contribution is 2.35. The predicted molar refractivity (Wildman–Crippen MR) is 115 cm³/mol. The van der Waals surface area contributed by atoms with Crippen molar-refractivity contribution in [1.29, 1.82) is 0 Å². The molecule has 158 valence electrons. The molecule has 0 radical (unpaired) electrons. The zero-order valence-electron chi connectivity index (χ0n) is 16.3. The molecule has 29 heavy (non-hydrogen) atoms. The molecule has 0 aliphatic carbocycles. The smallest absolute Gasteiger partial charge is 0.243 e. The van der Waals surface area contributed by atoms with Crippen LogP contribution >= 0.6 is 11.6 Å². The molecule has 1 fully saturated rings. The number of nitrogens with one attached hydrogen (secondary N) is 1. The Kier molecular flexibility index (Phi) is 7.02. The van der Waals surface area contributed by atoms with Crippen molar-refractivity contribution in [3.8, 4) is 0 Å². The van der Waals surface area contributed by atoms with Gasteiger partial charge in [0, 0.05) is 32.7 Å². The summed E-state index contributed by atoms with van der Waals surface area (Å²) >= 11 is 6.42. The molecular weight excluding hydrogens is 414 g/mol. The van der Waals surface area contributed by atoms with Crippen LogP contribution < -0.4 is 10.2 Å². The predicted octanol–water partition coefficient (Wildman–Crippen LogP) is 1.92. The van der Waals surface area contributed by atoms with E-state index >= 15 is 0 Å². The molecule has 1 atom stereocenters. The Morgan fingerprint density at radius 1 is 1.10 bits per heavy atom. The third kappa shape index (κ3) is 5.02. The second-order valence-corrected chi connectivity index (χ2v) is 9.40. The Hall–Kier alpha value is -1.84. The highest BCUT2D eigenvalue weighted by Gasteiger charge is 2.29. The lowest BCUT2D eigenvalue weighted by Crippen LogP contribution is -2.49. The van der Waals surface area contributed by atoms with Crippen LogP contribution in [0.4, 0.5) is 11.4 Å². The minimum Gasteiger partial charge on any atom is -0.394 e. The summed E-state index contributed by atoms with van der Waals surface area (Å²) in [4.78, 5) is 2.34. The van der Waals surface area contributed by atoms with Gasteiger partial charge in [-0.1, -0.05) is 35.4 Å². The lowest BCUT2D eigenvalue weighted by Gasteiger charge is -2.36. The summed E-state index contributed by atoms with van der Waals surface area (Å²) in [6, 6.07) is 12.3. The molecule has 7 nitrogen and oxygen atoms in total. The van der Waals surface area contributed by atoms with E-state index < -0.39 is 16.1 Å². The molecule has 3 N–H and O–H groups in total. The Labute approximate surface area is 176 Å². The lowest BCUT2D eigenvalue weighted by atomic mass is 10.2. The van der Waals surface area contributed by atoms with Crippen molar-refractivity contribution in [1.82, 2.24) is 4.31 Å². The summed E-state index contributed by atoms with van der Waals surface area (Å²) in [7, 11) is -3.53. The number of hydrogen-bond donors (Lipinski definition) is 3. The van der Waals surface area contributed by atoms with Crippen molar-refractivity contribution < 1.29 is 18.6 Å². The maximum atomic E-state index is 12.9. The van der Waals surface area contributed by atoms with E-state index in [1.807, 2.05) is 17.9 Å². The van der Waals surface area contributed by atoms with E-state index in [1.165, 1.54) is 4.31 Å². The number of para-hydroxylation sites is 1. The quantitative estimate of drug-likeness (QED) is 0.610. The number of rotatable bonds is 7. The van der Waals surface area contributed by atoms with Gasteiger partial charge in [0.25, 0.3) is 0 Å². The van der Waals surface area contributed by atoms with Crippen molar-refractivity contribution in [2.24, 2.45) is 0 Å². The topological polar surface area (TPSA) is 93.1 Å². The molecule has 0 spiro atoms. The van der Waals surface area contributed by atoms with E-state index in [9.17, 15) is 13.5 Å². The molecule has 1 unspecified atom stereocenters. The van der Waals surface area contributed by atoms with Gasteiger partial charge in [-0.05, 0) is 31.2 Å². The van der Waals surface area contributed by atoms with E-state index in [4.69, 9.17) is 16.7 Å². The standard InChI is InChI=1S/C20H26ClN3O4S/c1-15-5-7-17(8-6-15)29(27,28)24-11-9-23(10-12-24)20-18(21)3-2-4-19(20)22-13-16(26)14-25/h2-8,16,22,25-26H,9-14H2,1H3. The summed E-state index contributed by atoms with van der Waals surface area (Å²) in [6.07, 6.45) is -0.877. The zero-order valence-corrected chi connectivity index (χ0v) is 17.8. The van der Waals surface area contributed by atoms with E-state index in [-0.39, 0.29) is 13.2 Å². The average molecular weight is 440 g/mol. The zero-order chi connectivity index (χ0) is 21.0. The molecule has 0 saturated carbocycles. The fourth-order valence-corrected chi connectivity index (χ4v) is 5.00. The number of benzene rings is 2. The van der Waals surface area contributed by atoms with Crippen LogP contribution in [0, 0.1) is 6.92 Å². The highest BCUT2D eigenvalue weighted by molar-refractivity contribution is 7.89. The van der Waals surface area contributed by atoms with E-state index in [1.54, 1.807) is 36.4 Å². The van der Waals surface area contributed by atoms with Crippen LogP contribution in [-0.4, -0.2) is 68.4 Å². The van der Waals surface area contributed by atoms with Crippen molar-refractivity contribution >= 4 is 33.0 Å². The first kappa shape index (κ1) is 21.9. The number of aryl methyl sites for hydroxylation is 1. The Morgan fingerprint density at radius 3 is 2.38 bits per heavy atom. The molecule has 2 aromatic carbocycles. The molecule has 1 aliphatic rings. The SMILES string of the molecule is Cc1ccc(S(=O)(=O)N2CCN(c3c(Cl)cccc3NCC(O)CO)CC2)cc1. The van der Waals surface area contributed by atoms with Crippen LogP contribution in [0.2, 0.25) is 5.02 Å². The van der Waals surface area contributed by atoms with Crippen molar-refractivity contribution in [2.45, 2.75) is 17.9 Å². The van der Waals surface area contributed by atoms with Gasteiger partial charge in [0.2, 0.25) is 10.0 Å². The van der Waals surface area contributed by atoms with Crippen LogP contribution in [0.5, 0.6) is 0 Å². The van der Waals surface area contributed by atoms with Gasteiger partial charge in [-0.25, -0.2) is 8.42 Å². The number of anilines is 2. The highest BCUT2D eigenvalue weighted by atomic mass is 35.5. The Bertz CT molecular complexity index is 929. The van der Waals surface area contributed by atoms with Crippen molar-refractivity contribution in [3.63, 3.8) is 0 Å². The molecule has 0 amide bonds. The number of piperazine rings is 1. The molecule has 0 aromatic heterocycles. The number of aliphatic hydroxyl groups is 2. The van der Waals surface area contributed by atoms with Gasteiger partial charge in [0.15, 0.2) is 0 Å². The van der Waals surface area contributed by atoms with Crippen LogP contribution in [0.3, 0.4) is 0 Å². The van der Waals surface area contributed by atoms with Gasteiger partial charge in [-0.15, -0.1) is 0 Å². The van der Waals surface area contributed by atoms with Gasteiger partial charge in [0.05, 0.1) is 34.0 Å². The number of sulfonamides is 1. The fraction of sp³-hybridized carbons (Fsp3) is 0.400. The maximum Gasteiger partial charge on any atom is 0.243 e. The average Bonchev–Trinajstić information content (AvgIpc) is 2.72. The molecule has 9 heteroatoms. The third-order valence-corrected chi connectivity index (χ3v) is 7.16. The molecule has 3 rings (SSSR count). The van der Waals surface area contributed by atoms with Crippen LogP contribution in [0.1, 0.15) is 5.56 Å². The number of hydrogen-bond acceptors (Lipinski definition) is 6. The van der Waals surface area contributed by atoms with E-state index in [0.29, 0.717) is 36.1 Å². The third-order valence-electron chi connectivity index (χ3n) is 4.94. The first-order chi connectivity index (χ1) is 13.8. The Balaban J connectivity index is 1.73. The van der Waals surface area contributed by atoms with E-state index in [2.05, 4.69) is 5.32 Å². The lowest BCUT2D eigenvalue weighted by molar-refractivity contribution is 0.105. The van der Waals surface area contributed by atoms with Gasteiger partial charge >= 0.3 is 0 Å². The summed E-state index contributed by atoms with van der Waals surface area (Å²) in [5.74, 6) is 0. The largest absolute Gasteiger partial charge is 0.394 e. The first-order valence-corrected chi connectivity index (χ1v) is 11.3. The summed E-state index contributed by atoms with van der Waals surface area (Å²) in [5, 5.41) is 22.3. The normalized spacial score (nSPS) is 16.6. The first-order valence-electron chi connectivity index (χ1n) is 9.46. The molecule has 1 saturated heterocycles. The minimum absolute atomic E-state index is 0.186. The second-order valence-electron chi connectivity index (χ2n) is 7.06. The number of halogens is 1. The summed E-state index contributed by atoms with van der Waals surface area (Å²) < 4.78 is 27.3. The van der Waals surface area contributed by atoms with Crippen LogP contribution in [0.25, 0.3) is 0 Å². The fourth-order valence-electron chi connectivity index (χ4n) is 3.28.